The fourth-order valence-electron chi connectivity index (χ4n) is 1.81. The zero-order chi connectivity index (χ0) is 14.7. The summed E-state index contributed by atoms with van der Waals surface area (Å²) in [5, 5.41) is 10.7. The van der Waals surface area contributed by atoms with E-state index in [1.807, 2.05) is 25.1 Å². The van der Waals surface area contributed by atoms with Crippen molar-refractivity contribution in [2.45, 2.75) is 31.0 Å². The van der Waals surface area contributed by atoms with Gasteiger partial charge in [-0.05, 0) is 25.1 Å². The summed E-state index contributed by atoms with van der Waals surface area (Å²) in [4.78, 5) is 4.43. The van der Waals surface area contributed by atoms with Gasteiger partial charge in [-0.3, -0.25) is 0 Å². The Morgan fingerprint density at radius 2 is 2.10 bits per heavy atom. The molecule has 2 unspecified atom stereocenters. The van der Waals surface area contributed by atoms with Crippen molar-refractivity contribution in [3.05, 3.63) is 29.8 Å². The molecule has 108 valence electrons. The SMILES string of the molecule is COc1ccc2cc(CSC(C)C(C)O)c(N)nc2c1. The summed E-state index contributed by atoms with van der Waals surface area (Å²) < 4.78 is 5.18. The number of ether oxygens (including phenoxy) is 1. The van der Waals surface area contributed by atoms with Gasteiger partial charge in [-0.1, -0.05) is 6.92 Å². The number of rotatable bonds is 5. The van der Waals surface area contributed by atoms with Crippen molar-refractivity contribution < 1.29 is 9.84 Å². The van der Waals surface area contributed by atoms with Crippen LogP contribution in [0.15, 0.2) is 24.3 Å². The molecule has 1 aromatic carbocycles. The smallest absolute Gasteiger partial charge is 0.128 e. The van der Waals surface area contributed by atoms with Crippen molar-refractivity contribution in [2.24, 2.45) is 0 Å². The minimum Gasteiger partial charge on any atom is -0.497 e. The van der Waals surface area contributed by atoms with Gasteiger partial charge < -0.3 is 15.6 Å². The average molecular weight is 292 g/mol. The van der Waals surface area contributed by atoms with E-state index >= 15 is 0 Å². The van der Waals surface area contributed by atoms with E-state index in [0.717, 1.165) is 28.0 Å². The maximum absolute atomic E-state index is 9.52. The van der Waals surface area contributed by atoms with Crippen LogP contribution in [-0.4, -0.2) is 28.6 Å². The highest BCUT2D eigenvalue weighted by Crippen LogP contribution is 2.27. The highest BCUT2D eigenvalue weighted by atomic mass is 32.2. The van der Waals surface area contributed by atoms with Crippen LogP contribution in [0, 0.1) is 0 Å². The van der Waals surface area contributed by atoms with Crippen molar-refractivity contribution in [3.8, 4) is 5.75 Å². The highest BCUT2D eigenvalue weighted by Gasteiger charge is 2.11. The van der Waals surface area contributed by atoms with E-state index < -0.39 is 0 Å². The van der Waals surface area contributed by atoms with Gasteiger partial charge in [0.2, 0.25) is 0 Å². The molecule has 4 nitrogen and oxygen atoms in total. The minimum absolute atomic E-state index is 0.168. The lowest BCUT2D eigenvalue weighted by atomic mass is 10.1. The number of nitrogens with two attached hydrogens (primary N) is 1. The Labute approximate surface area is 123 Å². The largest absolute Gasteiger partial charge is 0.497 e. The van der Waals surface area contributed by atoms with Crippen LogP contribution in [0.3, 0.4) is 0 Å². The van der Waals surface area contributed by atoms with Crippen molar-refractivity contribution in [1.29, 1.82) is 0 Å². The number of hydrogen-bond donors (Lipinski definition) is 2. The quantitative estimate of drug-likeness (QED) is 0.887. The summed E-state index contributed by atoms with van der Waals surface area (Å²) in [7, 11) is 1.63. The second kappa shape index (κ2) is 6.33. The summed E-state index contributed by atoms with van der Waals surface area (Å²) in [6.07, 6.45) is -0.334. The maximum atomic E-state index is 9.52. The molecule has 0 radical (unpaired) electrons. The van der Waals surface area contributed by atoms with Gasteiger partial charge >= 0.3 is 0 Å². The Bertz CT molecular complexity index is 602. The fraction of sp³-hybridized carbons (Fsp3) is 0.400. The lowest BCUT2D eigenvalue weighted by molar-refractivity contribution is 0.196. The van der Waals surface area contributed by atoms with Gasteiger partial charge in [0.05, 0.1) is 18.7 Å². The number of hydrogen-bond acceptors (Lipinski definition) is 5. The van der Waals surface area contributed by atoms with E-state index in [-0.39, 0.29) is 11.4 Å². The lowest BCUT2D eigenvalue weighted by Gasteiger charge is -2.15. The lowest BCUT2D eigenvalue weighted by Crippen LogP contribution is -2.15. The van der Waals surface area contributed by atoms with Crippen LogP contribution >= 0.6 is 11.8 Å². The van der Waals surface area contributed by atoms with Crippen LogP contribution in [0.25, 0.3) is 10.9 Å². The fourth-order valence-corrected chi connectivity index (χ4v) is 2.76. The first-order valence-corrected chi connectivity index (χ1v) is 7.59. The predicted molar refractivity (Wildman–Crippen MR) is 85.1 cm³/mol. The molecular weight excluding hydrogens is 272 g/mol. The molecule has 0 bridgehead atoms. The highest BCUT2D eigenvalue weighted by molar-refractivity contribution is 7.99. The van der Waals surface area contributed by atoms with Gasteiger partial charge in [-0.25, -0.2) is 4.98 Å². The Kier molecular flexibility index (Phi) is 4.73. The number of aromatic nitrogens is 1. The number of fused-ring (bicyclic) bond motifs is 1. The van der Waals surface area contributed by atoms with Crippen molar-refractivity contribution in [2.75, 3.05) is 12.8 Å². The van der Waals surface area contributed by atoms with Crippen LogP contribution in [0.4, 0.5) is 5.82 Å². The second-order valence-electron chi connectivity index (χ2n) is 4.85. The number of benzene rings is 1. The molecule has 3 N–H and O–H groups in total. The number of pyridine rings is 1. The van der Waals surface area contributed by atoms with Crippen LogP contribution in [-0.2, 0) is 5.75 Å². The zero-order valence-corrected chi connectivity index (χ0v) is 12.8. The average Bonchev–Trinajstić information content (AvgIpc) is 2.43. The van der Waals surface area contributed by atoms with Gasteiger partial charge in [0.25, 0.3) is 0 Å². The van der Waals surface area contributed by atoms with Gasteiger partial charge in [-0.2, -0.15) is 11.8 Å². The molecule has 0 fully saturated rings. The third-order valence-corrected chi connectivity index (χ3v) is 4.72. The Morgan fingerprint density at radius 1 is 1.35 bits per heavy atom. The van der Waals surface area contributed by atoms with Crippen molar-refractivity contribution >= 4 is 28.5 Å². The number of nitrogen functional groups attached to an aromatic ring is 1. The number of aliphatic hydroxyl groups excluding tert-OH is 1. The third-order valence-electron chi connectivity index (χ3n) is 3.32. The molecule has 0 saturated heterocycles. The summed E-state index contributed by atoms with van der Waals surface area (Å²) in [6.45, 7) is 3.80. The standard InChI is InChI=1S/C15H20N2O2S/c1-9(18)10(2)20-8-12-6-11-4-5-13(19-3)7-14(11)17-15(12)16/h4-7,9-10,18H,8H2,1-3H3,(H2,16,17). The molecule has 0 saturated carbocycles. The molecule has 1 aromatic heterocycles. The molecule has 0 spiro atoms. The number of anilines is 1. The molecule has 2 aromatic rings. The van der Waals surface area contributed by atoms with Gasteiger partial charge in [0, 0.05) is 28.0 Å². The zero-order valence-electron chi connectivity index (χ0n) is 12.0. The first kappa shape index (κ1) is 14.9. The Balaban J connectivity index is 2.24. The molecule has 0 amide bonds. The molecular formula is C15H20N2O2S. The molecule has 5 heteroatoms. The van der Waals surface area contributed by atoms with E-state index in [1.165, 1.54) is 0 Å². The van der Waals surface area contributed by atoms with E-state index in [2.05, 4.69) is 11.1 Å². The molecule has 0 aliphatic carbocycles. The normalized spacial score (nSPS) is 14.2. The predicted octanol–water partition coefficient (Wildman–Crippen LogP) is 2.83. The molecule has 1 heterocycles. The Morgan fingerprint density at radius 3 is 2.75 bits per heavy atom. The first-order valence-electron chi connectivity index (χ1n) is 6.54. The van der Waals surface area contributed by atoms with Gasteiger partial charge in [0.1, 0.15) is 11.6 Å². The van der Waals surface area contributed by atoms with E-state index in [1.54, 1.807) is 25.8 Å². The monoisotopic (exact) mass is 292 g/mol. The number of aliphatic hydroxyl groups is 1. The topological polar surface area (TPSA) is 68.4 Å². The van der Waals surface area contributed by atoms with Crippen LogP contribution < -0.4 is 10.5 Å². The number of nitrogens with zero attached hydrogens (tertiary/aromatic N) is 1. The summed E-state index contributed by atoms with van der Waals surface area (Å²) in [5.41, 5.74) is 7.85. The molecule has 20 heavy (non-hydrogen) atoms. The van der Waals surface area contributed by atoms with Crippen LogP contribution in [0.5, 0.6) is 5.75 Å². The van der Waals surface area contributed by atoms with Crippen LogP contribution in [0.2, 0.25) is 0 Å². The molecule has 2 rings (SSSR count). The summed E-state index contributed by atoms with van der Waals surface area (Å²) >= 11 is 1.67. The Hall–Kier alpha value is -1.46. The number of thioether (sulfide) groups is 1. The summed E-state index contributed by atoms with van der Waals surface area (Å²) in [6, 6.07) is 7.82. The molecule has 0 aliphatic heterocycles. The maximum Gasteiger partial charge on any atom is 0.128 e. The van der Waals surface area contributed by atoms with E-state index in [0.29, 0.717) is 5.82 Å². The van der Waals surface area contributed by atoms with Crippen LogP contribution in [0.1, 0.15) is 19.4 Å². The molecule has 2 atom stereocenters. The minimum atomic E-state index is -0.334. The summed E-state index contributed by atoms with van der Waals surface area (Å²) in [5.74, 6) is 2.05. The first-order chi connectivity index (χ1) is 9.51. The van der Waals surface area contributed by atoms with Gasteiger partial charge in [0.15, 0.2) is 0 Å². The third kappa shape index (κ3) is 3.35. The number of methoxy groups -OCH3 is 1. The van der Waals surface area contributed by atoms with Crippen molar-refractivity contribution in [1.82, 2.24) is 4.98 Å². The molecule has 0 aliphatic rings. The van der Waals surface area contributed by atoms with E-state index in [4.69, 9.17) is 10.5 Å². The van der Waals surface area contributed by atoms with Gasteiger partial charge in [-0.15, -0.1) is 0 Å². The van der Waals surface area contributed by atoms with E-state index in [9.17, 15) is 5.11 Å². The second-order valence-corrected chi connectivity index (χ2v) is 6.21. The van der Waals surface area contributed by atoms with Crippen molar-refractivity contribution in [3.63, 3.8) is 0 Å².